The number of aromatic nitrogens is 2. The number of aromatic amines is 1. The maximum atomic E-state index is 12.4. The van der Waals surface area contributed by atoms with Gasteiger partial charge in [-0.15, -0.1) is 0 Å². The molecular formula is C18H19N3O7. The summed E-state index contributed by atoms with van der Waals surface area (Å²) < 4.78 is 11.5. The van der Waals surface area contributed by atoms with Crippen molar-refractivity contribution in [3.63, 3.8) is 0 Å². The van der Waals surface area contributed by atoms with Crippen LogP contribution >= 0.6 is 0 Å². The summed E-state index contributed by atoms with van der Waals surface area (Å²) in [4.78, 5) is 49.1. The highest BCUT2D eigenvalue weighted by molar-refractivity contribution is 5.95. The molecule has 1 aliphatic heterocycles. The van der Waals surface area contributed by atoms with Crippen molar-refractivity contribution in [1.82, 2.24) is 9.55 Å². The van der Waals surface area contributed by atoms with Crippen LogP contribution in [0.3, 0.4) is 0 Å². The first-order valence-electron chi connectivity index (χ1n) is 8.62. The van der Waals surface area contributed by atoms with Crippen LogP contribution in [0.2, 0.25) is 0 Å². The zero-order valence-corrected chi connectivity index (χ0v) is 15.0. The Labute approximate surface area is 158 Å². The average molecular weight is 389 g/mol. The lowest BCUT2D eigenvalue weighted by Gasteiger charge is -2.16. The number of amides is 1. The Morgan fingerprint density at radius 2 is 2.00 bits per heavy atom. The van der Waals surface area contributed by atoms with Gasteiger partial charge < -0.3 is 19.9 Å². The van der Waals surface area contributed by atoms with E-state index in [4.69, 9.17) is 9.47 Å². The predicted molar refractivity (Wildman–Crippen MR) is 96.9 cm³/mol. The van der Waals surface area contributed by atoms with Crippen LogP contribution in [0, 0.1) is 0 Å². The molecule has 1 aromatic carbocycles. The molecule has 148 valence electrons. The Balaban J connectivity index is 1.67. The third-order valence-corrected chi connectivity index (χ3v) is 4.18. The number of hydrogen-bond donors (Lipinski definition) is 3. The quantitative estimate of drug-likeness (QED) is 0.612. The van der Waals surface area contributed by atoms with Crippen LogP contribution < -0.4 is 16.6 Å². The smallest absolute Gasteiger partial charge is 0.338 e. The molecule has 3 atom stereocenters. The highest BCUT2D eigenvalue weighted by atomic mass is 16.5. The lowest BCUT2D eigenvalue weighted by atomic mass is 10.1. The summed E-state index contributed by atoms with van der Waals surface area (Å²) in [5.74, 6) is -1.07. The van der Waals surface area contributed by atoms with Crippen molar-refractivity contribution in [2.24, 2.45) is 0 Å². The number of aliphatic hydroxyl groups excluding tert-OH is 1. The number of carbonyl (C=O) groups excluding carboxylic acids is 2. The van der Waals surface area contributed by atoms with Crippen LogP contribution in [0.4, 0.5) is 5.69 Å². The number of ether oxygens (including phenoxy) is 2. The van der Waals surface area contributed by atoms with Crippen LogP contribution in [0.1, 0.15) is 29.9 Å². The molecule has 28 heavy (non-hydrogen) atoms. The van der Waals surface area contributed by atoms with Gasteiger partial charge >= 0.3 is 11.7 Å². The van der Waals surface area contributed by atoms with E-state index in [9.17, 15) is 24.3 Å². The number of benzene rings is 1. The number of aliphatic hydroxyl groups is 1. The largest absolute Gasteiger partial charge is 0.462 e. The van der Waals surface area contributed by atoms with Gasteiger partial charge in [0.2, 0.25) is 0 Å². The van der Waals surface area contributed by atoms with Crippen LogP contribution in [-0.4, -0.2) is 45.3 Å². The van der Waals surface area contributed by atoms with Crippen molar-refractivity contribution in [3.8, 4) is 0 Å². The lowest BCUT2D eigenvalue weighted by molar-refractivity contribution is -0.132. The van der Waals surface area contributed by atoms with Gasteiger partial charge in [-0.2, -0.15) is 0 Å². The number of nitrogens with one attached hydrogen (secondary N) is 2. The second kappa shape index (κ2) is 8.19. The second-order valence-corrected chi connectivity index (χ2v) is 6.12. The average Bonchev–Trinajstić information content (AvgIpc) is 3.04. The first-order valence-corrected chi connectivity index (χ1v) is 8.62. The minimum Gasteiger partial charge on any atom is -0.462 e. The molecule has 10 heteroatoms. The molecule has 1 aliphatic rings. The van der Waals surface area contributed by atoms with E-state index in [0.29, 0.717) is 11.3 Å². The van der Waals surface area contributed by atoms with Crippen molar-refractivity contribution < 1.29 is 24.2 Å². The van der Waals surface area contributed by atoms with E-state index in [-0.39, 0.29) is 13.0 Å². The maximum Gasteiger partial charge on any atom is 0.338 e. The predicted octanol–water partition coefficient (Wildman–Crippen LogP) is 0.000400. The fourth-order valence-electron chi connectivity index (χ4n) is 2.83. The molecule has 0 spiro atoms. The summed E-state index contributed by atoms with van der Waals surface area (Å²) in [5.41, 5.74) is -0.506. The molecule has 10 nitrogen and oxygen atoms in total. The first-order chi connectivity index (χ1) is 13.4. The third kappa shape index (κ3) is 4.18. The topological polar surface area (TPSA) is 140 Å². The summed E-state index contributed by atoms with van der Waals surface area (Å²) in [5, 5.41) is 12.7. The van der Waals surface area contributed by atoms with Crippen molar-refractivity contribution in [2.75, 3.05) is 11.9 Å². The summed E-state index contributed by atoms with van der Waals surface area (Å²) in [7, 11) is 0. The van der Waals surface area contributed by atoms with Crippen molar-refractivity contribution in [2.45, 2.75) is 31.8 Å². The number of esters is 1. The van der Waals surface area contributed by atoms with Crippen molar-refractivity contribution >= 4 is 17.6 Å². The van der Waals surface area contributed by atoms with E-state index in [2.05, 4.69) is 10.3 Å². The molecule has 0 aliphatic carbocycles. The third-order valence-electron chi connectivity index (χ3n) is 4.18. The highest BCUT2D eigenvalue weighted by Crippen LogP contribution is 2.28. The molecular weight excluding hydrogens is 370 g/mol. The van der Waals surface area contributed by atoms with E-state index in [0.717, 1.165) is 10.6 Å². The van der Waals surface area contributed by atoms with Gasteiger partial charge in [-0.3, -0.25) is 19.1 Å². The standard InChI is InChI=1S/C18H19N3O7/c1-2-27-17(25)10-3-5-11(6-4-10)19-16(24)15-12(22)9-14(28-15)21-8-7-13(23)20-18(21)26/h3-8,12,14-15,22H,2,9H2,1H3,(H,19,24)(H,20,23,26)/t12-,14+,15-/m0/s1. The molecule has 1 amide bonds. The van der Waals surface area contributed by atoms with E-state index in [1.807, 2.05) is 0 Å². The number of hydrogen-bond acceptors (Lipinski definition) is 7. The minimum absolute atomic E-state index is 0.00579. The summed E-state index contributed by atoms with van der Waals surface area (Å²) in [6.07, 6.45) is -1.98. The van der Waals surface area contributed by atoms with Gasteiger partial charge in [0, 0.05) is 24.4 Å². The van der Waals surface area contributed by atoms with Crippen LogP contribution in [0.5, 0.6) is 0 Å². The molecule has 3 rings (SSSR count). The van der Waals surface area contributed by atoms with E-state index >= 15 is 0 Å². The molecule has 2 heterocycles. The molecule has 0 radical (unpaired) electrons. The number of H-pyrrole nitrogens is 1. The number of rotatable bonds is 5. The Morgan fingerprint density at radius 1 is 1.29 bits per heavy atom. The van der Waals surface area contributed by atoms with Gasteiger partial charge in [-0.25, -0.2) is 9.59 Å². The maximum absolute atomic E-state index is 12.4. The van der Waals surface area contributed by atoms with Gasteiger partial charge in [0.25, 0.3) is 11.5 Å². The van der Waals surface area contributed by atoms with Gasteiger partial charge in [0.15, 0.2) is 6.10 Å². The van der Waals surface area contributed by atoms with Crippen LogP contribution in [-0.2, 0) is 14.3 Å². The Kier molecular flexibility index (Phi) is 5.71. The lowest BCUT2D eigenvalue weighted by Crippen LogP contribution is -2.36. The number of carbonyl (C=O) groups is 2. The molecule has 0 bridgehead atoms. The Morgan fingerprint density at radius 3 is 2.64 bits per heavy atom. The zero-order valence-electron chi connectivity index (χ0n) is 15.0. The van der Waals surface area contributed by atoms with E-state index < -0.39 is 41.6 Å². The summed E-state index contributed by atoms with van der Waals surface area (Å²) in [6, 6.07) is 7.20. The molecule has 0 saturated carbocycles. The highest BCUT2D eigenvalue weighted by Gasteiger charge is 2.40. The molecule has 1 fully saturated rings. The second-order valence-electron chi connectivity index (χ2n) is 6.12. The van der Waals surface area contributed by atoms with E-state index in [1.165, 1.54) is 30.5 Å². The molecule has 3 N–H and O–H groups in total. The zero-order chi connectivity index (χ0) is 20.3. The summed E-state index contributed by atoms with van der Waals surface area (Å²) >= 11 is 0. The molecule has 2 aromatic rings. The Bertz CT molecular complexity index is 980. The molecule has 1 saturated heterocycles. The molecule has 0 unspecified atom stereocenters. The number of nitrogens with zero attached hydrogens (tertiary/aromatic N) is 1. The molecule has 1 aromatic heterocycles. The fourth-order valence-corrected chi connectivity index (χ4v) is 2.83. The van der Waals surface area contributed by atoms with Gasteiger partial charge in [-0.05, 0) is 31.2 Å². The monoisotopic (exact) mass is 389 g/mol. The normalized spacial score (nSPS) is 21.3. The summed E-state index contributed by atoms with van der Waals surface area (Å²) in [6.45, 7) is 1.96. The van der Waals surface area contributed by atoms with Gasteiger partial charge in [0.05, 0.1) is 18.3 Å². The van der Waals surface area contributed by atoms with Crippen molar-refractivity contribution in [1.29, 1.82) is 0 Å². The number of anilines is 1. The fraction of sp³-hybridized carbons (Fsp3) is 0.333. The van der Waals surface area contributed by atoms with Gasteiger partial charge in [0.1, 0.15) is 6.23 Å². The first kappa shape index (κ1) is 19.5. The minimum atomic E-state index is -1.20. The van der Waals surface area contributed by atoms with Crippen LogP contribution in [0.25, 0.3) is 0 Å². The Hall–Kier alpha value is -3.24. The van der Waals surface area contributed by atoms with Crippen molar-refractivity contribution in [3.05, 3.63) is 62.9 Å². The van der Waals surface area contributed by atoms with E-state index in [1.54, 1.807) is 6.92 Å². The van der Waals surface area contributed by atoms with Crippen LogP contribution in [0.15, 0.2) is 46.1 Å². The SMILES string of the molecule is CCOC(=O)c1ccc(NC(=O)[C@H]2O[C@@H](n3ccc(=O)[nH]c3=O)C[C@@H]2O)cc1. The van der Waals surface area contributed by atoms with Gasteiger partial charge in [-0.1, -0.05) is 0 Å².